The van der Waals surface area contributed by atoms with Gasteiger partial charge >= 0.3 is 0 Å². The number of nitrogens with one attached hydrogen (secondary N) is 1. The quantitative estimate of drug-likeness (QED) is 0.844. The minimum Gasteiger partial charge on any atom is -0.497 e. The van der Waals surface area contributed by atoms with Gasteiger partial charge < -0.3 is 10.1 Å². The van der Waals surface area contributed by atoms with Crippen LogP contribution in [0.5, 0.6) is 5.75 Å². The zero-order valence-corrected chi connectivity index (χ0v) is 10.9. The lowest BCUT2D eigenvalue weighted by Gasteiger charge is -2.04. The predicted octanol–water partition coefficient (Wildman–Crippen LogP) is 1.85. The van der Waals surface area contributed by atoms with Crippen molar-refractivity contribution in [3.8, 4) is 5.75 Å². The number of benzene rings is 1. The summed E-state index contributed by atoms with van der Waals surface area (Å²) in [7, 11) is 3.62. The van der Waals surface area contributed by atoms with Gasteiger partial charge in [-0.25, -0.2) is 0 Å². The highest BCUT2D eigenvalue weighted by atomic mass is 16.5. The number of rotatable bonds is 6. The summed E-state index contributed by atoms with van der Waals surface area (Å²) in [5, 5.41) is 7.45. The maximum absolute atomic E-state index is 5.14. The molecule has 0 aliphatic rings. The van der Waals surface area contributed by atoms with Gasteiger partial charge in [0.05, 0.1) is 13.3 Å². The van der Waals surface area contributed by atoms with Crippen LogP contribution in [0.2, 0.25) is 0 Å². The summed E-state index contributed by atoms with van der Waals surface area (Å²) in [6.07, 6.45) is 4.97. The molecule has 2 rings (SSSR count). The molecule has 0 spiro atoms. The minimum absolute atomic E-state index is 0.864. The van der Waals surface area contributed by atoms with Crippen LogP contribution in [0, 0.1) is 0 Å². The third-order valence-electron chi connectivity index (χ3n) is 2.86. The van der Waals surface area contributed by atoms with Crippen molar-refractivity contribution in [2.75, 3.05) is 14.2 Å². The van der Waals surface area contributed by atoms with E-state index in [9.17, 15) is 0 Å². The Kier molecular flexibility index (Phi) is 4.36. The van der Waals surface area contributed by atoms with Gasteiger partial charge in [-0.2, -0.15) is 5.10 Å². The second-order valence-corrected chi connectivity index (χ2v) is 4.24. The topological polar surface area (TPSA) is 39.1 Å². The Labute approximate surface area is 108 Å². The molecule has 0 aliphatic carbocycles. The second kappa shape index (κ2) is 6.21. The van der Waals surface area contributed by atoms with Gasteiger partial charge in [0, 0.05) is 24.8 Å². The van der Waals surface area contributed by atoms with E-state index in [0.29, 0.717) is 0 Å². The van der Waals surface area contributed by atoms with Crippen molar-refractivity contribution in [3.63, 3.8) is 0 Å². The van der Waals surface area contributed by atoms with Crippen LogP contribution in [0.15, 0.2) is 36.7 Å². The standard InChI is InChI=1S/C14H19N3O/c1-15-9-13-10-16-17(11-13)8-7-12-3-5-14(18-2)6-4-12/h3-6,10-11,15H,7-9H2,1-2H3. The van der Waals surface area contributed by atoms with Crippen LogP contribution >= 0.6 is 0 Å². The lowest BCUT2D eigenvalue weighted by molar-refractivity contribution is 0.414. The van der Waals surface area contributed by atoms with Crippen molar-refractivity contribution < 1.29 is 4.74 Å². The van der Waals surface area contributed by atoms with Crippen LogP contribution in [0.25, 0.3) is 0 Å². The third-order valence-corrected chi connectivity index (χ3v) is 2.86. The van der Waals surface area contributed by atoms with E-state index < -0.39 is 0 Å². The summed E-state index contributed by atoms with van der Waals surface area (Å²) in [4.78, 5) is 0. The Hall–Kier alpha value is -1.81. The van der Waals surface area contributed by atoms with E-state index in [0.717, 1.165) is 25.3 Å². The minimum atomic E-state index is 0.864. The first-order valence-electron chi connectivity index (χ1n) is 6.10. The first kappa shape index (κ1) is 12.6. The molecule has 1 aromatic carbocycles. The highest BCUT2D eigenvalue weighted by Gasteiger charge is 1.99. The van der Waals surface area contributed by atoms with Gasteiger partial charge in [0.15, 0.2) is 0 Å². The van der Waals surface area contributed by atoms with Gasteiger partial charge in [-0.05, 0) is 31.2 Å². The number of aryl methyl sites for hydroxylation is 2. The van der Waals surface area contributed by atoms with Crippen molar-refractivity contribution in [1.82, 2.24) is 15.1 Å². The fourth-order valence-corrected chi connectivity index (χ4v) is 1.86. The van der Waals surface area contributed by atoms with Crippen LogP contribution in [-0.2, 0) is 19.5 Å². The first-order valence-corrected chi connectivity index (χ1v) is 6.10. The van der Waals surface area contributed by atoms with Crippen LogP contribution < -0.4 is 10.1 Å². The Morgan fingerprint density at radius 1 is 1.22 bits per heavy atom. The molecule has 0 aliphatic heterocycles. The van der Waals surface area contributed by atoms with Gasteiger partial charge in [0.1, 0.15) is 5.75 Å². The molecule has 0 saturated heterocycles. The van der Waals surface area contributed by atoms with Crippen molar-refractivity contribution in [3.05, 3.63) is 47.8 Å². The molecule has 0 saturated carbocycles. The molecule has 0 unspecified atom stereocenters. The van der Waals surface area contributed by atoms with Crippen molar-refractivity contribution in [1.29, 1.82) is 0 Å². The number of hydrogen-bond donors (Lipinski definition) is 1. The molecule has 4 heteroatoms. The van der Waals surface area contributed by atoms with E-state index in [1.165, 1.54) is 11.1 Å². The normalized spacial score (nSPS) is 10.6. The van der Waals surface area contributed by atoms with E-state index in [-0.39, 0.29) is 0 Å². The SMILES string of the molecule is CNCc1cnn(CCc2ccc(OC)cc2)c1. The van der Waals surface area contributed by atoms with Gasteiger partial charge in [0.25, 0.3) is 0 Å². The van der Waals surface area contributed by atoms with Gasteiger partial charge in [0.2, 0.25) is 0 Å². The van der Waals surface area contributed by atoms with Crippen LogP contribution in [0.4, 0.5) is 0 Å². The maximum atomic E-state index is 5.14. The molecule has 1 N–H and O–H groups in total. The third kappa shape index (κ3) is 3.34. The summed E-state index contributed by atoms with van der Waals surface area (Å²) in [6.45, 7) is 1.76. The molecule has 18 heavy (non-hydrogen) atoms. The summed E-state index contributed by atoms with van der Waals surface area (Å²) in [5.74, 6) is 0.897. The van der Waals surface area contributed by atoms with Crippen LogP contribution in [0.3, 0.4) is 0 Å². The zero-order valence-electron chi connectivity index (χ0n) is 10.9. The number of nitrogens with zero attached hydrogens (tertiary/aromatic N) is 2. The molecular weight excluding hydrogens is 226 g/mol. The molecule has 4 nitrogen and oxygen atoms in total. The van der Waals surface area contributed by atoms with E-state index >= 15 is 0 Å². The molecule has 0 amide bonds. The average molecular weight is 245 g/mol. The van der Waals surface area contributed by atoms with Gasteiger partial charge in [-0.3, -0.25) is 4.68 Å². The zero-order chi connectivity index (χ0) is 12.8. The Balaban J connectivity index is 1.89. The number of methoxy groups -OCH3 is 1. The predicted molar refractivity (Wildman–Crippen MR) is 71.7 cm³/mol. The molecule has 0 bridgehead atoms. The summed E-state index contributed by atoms with van der Waals surface area (Å²) in [5.41, 5.74) is 2.51. The summed E-state index contributed by atoms with van der Waals surface area (Å²) in [6, 6.07) is 8.17. The Morgan fingerprint density at radius 2 is 2.00 bits per heavy atom. The van der Waals surface area contributed by atoms with E-state index in [2.05, 4.69) is 28.7 Å². The fraction of sp³-hybridized carbons (Fsp3) is 0.357. The lowest BCUT2D eigenvalue weighted by atomic mass is 10.1. The fourth-order valence-electron chi connectivity index (χ4n) is 1.86. The van der Waals surface area contributed by atoms with Gasteiger partial charge in [-0.15, -0.1) is 0 Å². The molecule has 1 aromatic heterocycles. The number of ether oxygens (including phenoxy) is 1. The summed E-state index contributed by atoms with van der Waals surface area (Å²) >= 11 is 0. The van der Waals surface area contributed by atoms with Crippen molar-refractivity contribution in [2.45, 2.75) is 19.5 Å². The molecule has 0 radical (unpaired) electrons. The molecule has 1 heterocycles. The lowest BCUT2D eigenvalue weighted by Crippen LogP contribution is -2.04. The van der Waals surface area contributed by atoms with E-state index in [4.69, 9.17) is 4.74 Å². The first-order chi connectivity index (χ1) is 8.81. The highest BCUT2D eigenvalue weighted by Crippen LogP contribution is 2.12. The molecule has 2 aromatic rings. The second-order valence-electron chi connectivity index (χ2n) is 4.24. The van der Waals surface area contributed by atoms with Gasteiger partial charge in [-0.1, -0.05) is 12.1 Å². The average Bonchev–Trinajstić information content (AvgIpc) is 2.85. The Morgan fingerprint density at radius 3 is 2.67 bits per heavy atom. The van der Waals surface area contributed by atoms with Crippen LogP contribution in [-0.4, -0.2) is 23.9 Å². The smallest absolute Gasteiger partial charge is 0.118 e. The summed E-state index contributed by atoms with van der Waals surface area (Å²) < 4.78 is 7.12. The van der Waals surface area contributed by atoms with Crippen molar-refractivity contribution >= 4 is 0 Å². The van der Waals surface area contributed by atoms with Crippen LogP contribution in [0.1, 0.15) is 11.1 Å². The monoisotopic (exact) mass is 245 g/mol. The van der Waals surface area contributed by atoms with E-state index in [1.807, 2.05) is 30.1 Å². The van der Waals surface area contributed by atoms with E-state index in [1.54, 1.807) is 7.11 Å². The largest absolute Gasteiger partial charge is 0.497 e. The number of aromatic nitrogens is 2. The van der Waals surface area contributed by atoms with Crippen molar-refractivity contribution in [2.24, 2.45) is 0 Å². The number of hydrogen-bond acceptors (Lipinski definition) is 3. The maximum Gasteiger partial charge on any atom is 0.118 e. The highest BCUT2D eigenvalue weighted by molar-refractivity contribution is 5.27. The molecule has 96 valence electrons. The molecule has 0 atom stereocenters. The Bertz CT molecular complexity index is 476. The molecular formula is C14H19N3O. The molecule has 0 fully saturated rings.